The third-order valence-corrected chi connectivity index (χ3v) is 4.12. The number of carbonyl (C=O) groups is 1. The number of nitro groups is 1. The summed E-state index contributed by atoms with van der Waals surface area (Å²) in [6, 6.07) is 20.4. The lowest BCUT2D eigenvalue weighted by molar-refractivity contribution is -0.885. The van der Waals surface area contributed by atoms with Crippen LogP contribution in [-0.2, 0) is 11.3 Å². The first-order valence-corrected chi connectivity index (χ1v) is 8.34. The molecule has 1 unspecified atom stereocenters. The molecule has 132 valence electrons. The van der Waals surface area contributed by atoms with Crippen molar-refractivity contribution >= 4 is 28.1 Å². The second-order valence-electron chi connectivity index (χ2n) is 6.35. The summed E-state index contributed by atoms with van der Waals surface area (Å²) in [4.78, 5) is 23.6. The van der Waals surface area contributed by atoms with Crippen LogP contribution in [0, 0.1) is 10.1 Å². The number of non-ortho nitro benzene ring substituents is 1. The zero-order valence-corrected chi connectivity index (χ0v) is 14.4. The Morgan fingerprint density at radius 1 is 1.04 bits per heavy atom. The summed E-state index contributed by atoms with van der Waals surface area (Å²) < 4.78 is 0. The topological polar surface area (TPSA) is 76.7 Å². The van der Waals surface area contributed by atoms with E-state index < -0.39 is 4.92 Å². The Kier molecular flexibility index (Phi) is 5.24. The summed E-state index contributed by atoms with van der Waals surface area (Å²) in [6.45, 7) is 0.989. The zero-order chi connectivity index (χ0) is 18.5. The number of carbonyl (C=O) groups excluding carboxylic acids is 1. The minimum atomic E-state index is -0.479. The number of hydrogen-bond acceptors (Lipinski definition) is 3. The minimum absolute atomic E-state index is 0.0420. The Morgan fingerprint density at radius 3 is 2.58 bits per heavy atom. The molecule has 6 nitrogen and oxygen atoms in total. The van der Waals surface area contributed by atoms with Gasteiger partial charge in [-0.05, 0) is 22.9 Å². The van der Waals surface area contributed by atoms with Crippen LogP contribution in [0.5, 0.6) is 0 Å². The number of amides is 1. The van der Waals surface area contributed by atoms with Gasteiger partial charge in [0, 0.05) is 23.4 Å². The van der Waals surface area contributed by atoms with Crippen molar-refractivity contribution in [1.82, 2.24) is 0 Å². The molecule has 3 rings (SSSR count). The third kappa shape index (κ3) is 4.43. The van der Waals surface area contributed by atoms with Crippen LogP contribution in [-0.4, -0.2) is 24.4 Å². The number of nitrogens with zero attached hydrogens (tertiary/aromatic N) is 1. The van der Waals surface area contributed by atoms with Gasteiger partial charge in [0.15, 0.2) is 6.54 Å². The van der Waals surface area contributed by atoms with Crippen LogP contribution in [0.25, 0.3) is 10.8 Å². The van der Waals surface area contributed by atoms with E-state index in [2.05, 4.69) is 35.6 Å². The first-order valence-electron chi connectivity index (χ1n) is 8.34. The Morgan fingerprint density at radius 2 is 1.81 bits per heavy atom. The first kappa shape index (κ1) is 17.6. The molecule has 0 radical (unpaired) electrons. The van der Waals surface area contributed by atoms with Crippen LogP contribution in [0.1, 0.15) is 5.56 Å². The van der Waals surface area contributed by atoms with E-state index in [0.29, 0.717) is 12.2 Å². The molecule has 0 bridgehead atoms. The molecule has 1 atom stereocenters. The van der Waals surface area contributed by atoms with Gasteiger partial charge in [-0.1, -0.05) is 42.5 Å². The van der Waals surface area contributed by atoms with Gasteiger partial charge in [0.05, 0.1) is 12.0 Å². The molecule has 0 aliphatic rings. The molecule has 0 heterocycles. The fraction of sp³-hybridized carbons (Fsp3) is 0.150. The summed E-state index contributed by atoms with van der Waals surface area (Å²) in [5, 5.41) is 15.9. The standard InChI is InChI=1S/C20H19N3O3/c1-22(13-15-9-10-16-5-2-3-6-17(16)11-15)14-20(24)21-18-7-4-8-19(12-18)23(25)26/h2-12H,13-14H2,1H3,(H,21,24)/p+1. The van der Waals surface area contributed by atoms with Gasteiger partial charge in [0.2, 0.25) is 0 Å². The lowest BCUT2D eigenvalue weighted by atomic mass is 10.1. The number of fused-ring (bicyclic) bond motifs is 1. The Hall–Kier alpha value is -3.25. The van der Waals surface area contributed by atoms with Crippen molar-refractivity contribution < 1.29 is 14.6 Å². The van der Waals surface area contributed by atoms with E-state index in [4.69, 9.17) is 0 Å². The van der Waals surface area contributed by atoms with Crippen LogP contribution in [0.15, 0.2) is 66.7 Å². The minimum Gasteiger partial charge on any atom is -0.326 e. The van der Waals surface area contributed by atoms with Crippen LogP contribution in [0.3, 0.4) is 0 Å². The highest BCUT2D eigenvalue weighted by molar-refractivity contribution is 5.91. The van der Waals surface area contributed by atoms with E-state index in [0.717, 1.165) is 10.5 Å². The van der Waals surface area contributed by atoms with Gasteiger partial charge in [-0.25, -0.2) is 0 Å². The second-order valence-corrected chi connectivity index (χ2v) is 6.35. The monoisotopic (exact) mass is 350 g/mol. The van der Waals surface area contributed by atoms with Gasteiger partial charge in [0.25, 0.3) is 11.6 Å². The number of hydrogen-bond donors (Lipinski definition) is 2. The SMILES string of the molecule is C[NH+](CC(=O)Nc1cccc([N+](=O)[O-])c1)Cc1ccc2ccccc2c1. The fourth-order valence-corrected chi connectivity index (χ4v) is 2.94. The van der Waals surface area contributed by atoms with Crippen LogP contribution >= 0.6 is 0 Å². The highest BCUT2D eigenvalue weighted by Crippen LogP contribution is 2.17. The lowest BCUT2D eigenvalue weighted by Gasteiger charge is -2.14. The Bertz CT molecular complexity index is 956. The number of nitrogens with one attached hydrogen (secondary N) is 2. The molecule has 0 aliphatic carbocycles. The van der Waals surface area contributed by atoms with Crippen LogP contribution < -0.4 is 10.2 Å². The van der Waals surface area contributed by atoms with Gasteiger partial charge in [-0.3, -0.25) is 14.9 Å². The zero-order valence-electron chi connectivity index (χ0n) is 14.4. The van der Waals surface area contributed by atoms with Crippen molar-refractivity contribution in [2.45, 2.75) is 6.54 Å². The molecule has 6 heteroatoms. The van der Waals surface area contributed by atoms with Gasteiger partial charge in [-0.15, -0.1) is 0 Å². The van der Waals surface area contributed by atoms with Crippen molar-refractivity contribution in [1.29, 1.82) is 0 Å². The molecule has 0 spiro atoms. The van der Waals surface area contributed by atoms with E-state index in [1.54, 1.807) is 12.1 Å². The van der Waals surface area contributed by atoms with Crippen molar-refractivity contribution in [3.63, 3.8) is 0 Å². The molecule has 2 N–H and O–H groups in total. The van der Waals surface area contributed by atoms with Gasteiger partial charge in [-0.2, -0.15) is 0 Å². The van der Waals surface area contributed by atoms with Gasteiger partial charge < -0.3 is 10.2 Å². The Labute approximate surface area is 151 Å². The smallest absolute Gasteiger partial charge is 0.279 e. The van der Waals surface area contributed by atoms with Crippen molar-refractivity contribution in [3.8, 4) is 0 Å². The fourth-order valence-electron chi connectivity index (χ4n) is 2.94. The van der Waals surface area contributed by atoms with Crippen LogP contribution in [0.2, 0.25) is 0 Å². The number of nitro benzene ring substituents is 1. The third-order valence-electron chi connectivity index (χ3n) is 4.12. The summed E-state index contributed by atoms with van der Waals surface area (Å²) in [5.41, 5.74) is 1.55. The number of benzene rings is 3. The first-order chi connectivity index (χ1) is 12.5. The molecule has 0 aliphatic heterocycles. The molecule has 3 aromatic carbocycles. The summed E-state index contributed by atoms with van der Waals surface area (Å²) >= 11 is 0. The summed E-state index contributed by atoms with van der Waals surface area (Å²) in [7, 11) is 1.95. The van der Waals surface area contributed by atoms with Crippen LogP contribution in [0.4, 0.5) is 11.4 Å². The highest BCUT2D eigenvalue weighted by Gasteiger charge is 2.13. The maximum atomic E-state index is 12.2. The second kappa shape index (κ2) is 7.76. The number of rotatable bonds is 6. The molecule has 1 amide bonds. The molecular weight excluding hydrogens is 330 g/mol. The average molecular weight is 350 g/mol. The normalized spacial score (nSPS) is 11.9. The number of anilines is 1. The average Bonchev–Trinajstić information content (AvgIpc) is 2.61. The lowest BCUT2D eigenvalue weighted by Crippen LogP contribution is -3.08. The summed E-state index contributed by atoms with van der Waals surface area (Å²) in [5.74, 6) is -0.177. The van der Waals surface area contributed by atoms with Crippen molar-refractivity contribution in [3.05, 3.63) is 82.4 Å². The van der Waals surface area contributed by atoms with E-state index in [1.807, 2.05) is 19.2 Å². The van der Waals surface area contributed by atoms with E-state index in [1.165, 1.54) is 22.9 Å². The number of likely N-dealkylation sites (N-methyl/N-ethyl adjacent to an activating group) is 1. The molecule has 26 heavy (non-hydrogen) atoms. The molecule has 3 aromatic rings. The predicted octanol–water partition coefficient (Wildman–Crippen LogP) is 2.40. The van der Waals surface area contributed by atoms with Crippen molar-refractivity contribution in [2.75, 3.05) is 18.9 Å². The van der Waals surface area contributed by atoms with E-state index >= 15 is 0 Å². The quantitative estimate of drug-likeness (QED) is 0.529. The molecule has 0 aromatic heterocycles. The van der Waals surface area contributed by atoms with Crippen molar-refractivity contribution in [2.24, 2.45) is 0 Å². The number of quaternary nitrogens is 1. The summed E-state index contributed by atoms with van der Waals surface area (Å²) in [6.07, 6.45) is 0. The van der Waals surface area contributed by atoms with E-state index in [-0.39, 0.29) is 18.1 Å². The largest absolute Gasteiger partial charge is 0.326 e. The van der Waals surface area contributed by atoms with E-state index in [9.17, 15) is 14.9 Å². The molecule has 0 saturated carbocycles. The molecule has 0 saturated heterocycles. The molecular formula is C20H20N3O3+. The predicted molar refractivity (Wildman–Crippen MR) is 101 cm³/mol. The molecule has 0 fully saturated rings. The highest BCUT2D eigenvalue weighted by atomic mass is 16.6. The van der Waals surface area contributed by atoms with Gasteiger partial charge in [0.1, 0.15) is 6.54 Å². The maximum absolute atomic E-state index is 12.2. The Balaban J connectivity index is 1.60. The van der Waals surface area contributed by atoms with Gasteiger partial charge >= 0.3 is 0 Å². The maximum Gasteiger partial charge on any atom is 0.279 e.